The third-order valence-corrected chi connectivity index (χ3v) is 6.36. The summed E-state index contributed by atoms with van der Waals surface area (Å²) in [4.78, 5) is -0.322. The number of hydrogen-bond acceptors (Lipinski definition) is 4. The monoisotopic (exact) mass is 319 g/mol. The van der Waals surface area contributed by atoms with E-state index in [-0.39, 0.29) is 16.2 Å². The minimum absolute atomic E-state index is 0.174. The van der Waals surface area contributed by atoms with Crippen molar-refractivity contribution >= 4 is 21.8 Å². The van der Waals surface area contributed by atoms with Crippen molar-refractivity contribution in [2.45, 2.75) is 30.1 Å². The van der Waals surface area contributed by atoms with Gasteiger partial charge in [0.2, 0.25) is 10.0 Å². The minimum Gasteiger partial charge on any atom is -0.392 e. The lowest BCUT2D eigenvalue weighted by Gasteiger charge is -2.36. The third kappa shape index (κ3) is 3.16. The van der Waals surface area contributed by atoms with Crippen molar-refractivity contribution in [1.82, 2.24) is 4.31 Å². The molecular formula is C13H18FNO3S2. The summed E-state index contributed by atoms with van der Waals surface area (Å²) in [6.45, 7) is 4.39. The van der Waals surface area contributed by atoms with Crippen LogP contribution < -0.4 is 0 Å². The van der Waals surface area contributed by atoms with Crippen LogP contribution in [0, 0.1) is 5.82 Å². The normalized spacial score (nSPS) is 20.0. The Labute approximate surface area is 123 Å². The van der Waals surface area contributed by atoms with E-state index in [2.05, 4.69) is 0 Å². The van der Waals surface area contributed by atoms with Gasteiger partial charge in [0.1, 0.15) is 10.7 Å². The van der Waals surface area contributed by atoms with E-state index in [1.54, 1.807) is 11.8 Å². The van der Waals surface area contributed by atoms with E-state index in [0.717, 1.165) is 6.07 Å². The molecule has 1 aliphatic heterocycles. The Morgan fingerprint density at radius 1 is 1.45 bits per heavy atom. The Morgan fingerprint density at radius 2 is 2.15 bits per heavy atom. The van der Waals surface area contributed by atoms with E-state index in [4.69, 9.17) is 5.11 Å². The molecule has 20 heavy (non-hydrogen) atoms. The summed E-state index contributed by atoms with van der Waals surface area (Å²) >= 11 is 1.71. The van der Waals surface area contributed by atoms with E-state index in [9.17, 15) is 12.8 Å². The Kier molecular flexibility index (Phi) is 4.44. The number of hydrogen-bond donors (Lipinski definition) is 1. The molecule has 1 aliphatic rings. The highest BCUT2D eigenvalue weighted by Gasteiger charge is 2.35. The van der Waals surface area contributed by atoms with E-state index in [0.29, 0.717) is 24.4 Å². The van der Waals surface area contributed by atoms with Gasteiger partial charge in [0.25, 0.3) is 0 Å². The first-order valence-electron chi connectivity index (χ1n) is 6.30. The lowest BCUT2D eigenvalue weighted by atomic mass is 10.2. The molecule has 2 rings (SSSR count). The van der Waals surface area contributed by atoms with Gasteiger partial charge < -0.3 is 5.11 Å². The molecule has 0 radical (unpaired) electrons. The molecule has 1 heterocycles. The molecule has 0 amide bonds. The van der Waals surface area contributed by atoms with Gasteiger partial charge in [-0.3, -0.25) is 0 Å². The van der Waals surface area contributed by atoms with Gasteiger partial charge in [0, 0.05) is 23.6 Å². The lowest BCUT2D eigenvalue weighted by molar-refractivity contribution is 0.281. The molecule has 1 aromatic rings. The number of rotatable bonds is 3. The van der Waals surface area contributed by atoms with Crippen LogP contribution in [0.25, 0.3) is 0 Å². The van der Waals surface area contributed by atoms with Crippen molar-refractivity contribution in [3.05, 3.63) is 29.6 Å². The fourth-order valence-electron chi connectivity index (χ4n) is 2.17. The zero-order chi connectivity index (χ0) is 15.0. The van der Waals surface area contributed by atoms with Crippen molar-refractivity contribution in [3.8, 4) is 0 Å². The molecule has 0 spiro atoms. The van der Waals surface area contributed by atoms with Crippen LogP contribution >= 0.6 is 11.8 Å². The van der Waals surface area contributed by atoms with Crippen molar-refractivity contribution in [2.24, 2.45) is 0 Å². The predicted molar refractivity (Wildman–Crippen MR) is 77.6 cm³/mol. The van der Waals surface area contributed by atoms with Gasteiger partial charge >= 0.3 is 0 Å². The Bertz CT molecular complexity index is 602. The lowest BCUT2D eigenvalue weighted by Crippen LogP contribution is -2.46. The van der Waals surface area contributed by atoms with Gasteiger partial charge in [-0.15, -0.1) is 0 Å². The largest absolute Gasteiger partial charge is 0.392 e. The molecule has 1 saturated heterocycles. The zero-order valence-electron chi connectivity index (χ0n) is 11.5. The van der Waals surface area contributed by atoms with Crippen LogP contribution in [-0.2, 0) is 16.6 Å². The highest BCUT2D eigenvalue weighted by Crippen LogP contribution is 2.33. The number of halogens is 1. The average molecular weight is 319 g/mol. The maximum atomic E-state index is 14.0. The SMILES string of the molecule is CC1(C)CN(S(=O)(=O)c2ccc(CO)cc2F)CCS1. The summed E-state index contributed by atoms with van der Waals surface area (Å²) in [5.41, 5.74) is 0.357. The molecule has 1 N–H and O–H groups in total. The number of aliphatic hydroxyl groups is 1. The van der Waals surface area contributed by atoms with E-state index in [1.165, 1.54) is 16.4 Å². The van der Waals surface area contributed by atoms with Gasteiger partial charge in [0.15, 0.2) is 0 Å². The molecule has 0 bridgehead atoms. The first kappa shape index (κ1) is 15.8. The Hall–Kier alpha value is -0.630. The molecule has 0 atom stereocenters. The van der Waals surface area contributed by atoms with Crippen molar-refractivity contribution < 1.29 is 17.9 Å². The second-order valence-corrected chi connectivity index (χ2v) is 9.08. The first-order chi connectivity index (χ1) is 9.26. The molecule has 1 fully saturated rings. The molecule has 4 nitrogen and oxygen atoms in total. The van der Waals surface area contributed by atoms with Crippen molar-refractivity contribution in [2.75, 3.05) is 18.8 Å². The highest BCUT2D eigenvalue weighted by molar-refractivity contribution is 8.00. The molecule has 112 valence electrons. The van der Waals surface area contributed by atoms with Gasteiger partial charge in [-0.25, -0.2) is 12.8 Å². The number of sulfonamides is 1. The van der Waals surface area contributed by atoms with Crippen LogP contribution in [0.4, 0.5) is 4.39 Å². The smallest absolute Gasteiger partial charge is 0.246 e. The fourth-order valence-corrected chi connectivity index (χ4v) is 5.13. The summed E-state index contributed by atoms with van der Waals surface area (Å²) in [7, 11) is -3.83. The van der Waals surface area contributed by atoms with Gasteiger partial charge in [0.05, 0.1) is 6.61 Å². The summed E-state index contributed by atoms with van der Waals surface area (Å²) in [6.07, 6.45) is 0. The van der Waals surface area contributed by atoms with Gasteiger partial charge in [-0.2, -0.15) is 16.1 Å². The second kappa shape index (κ2) is 5.63. The summed E-state index contributed by atoms with van der Waals surface area (Å²) in [5, 5.41) is 8.94. The quantitative estimate of drug-likeness (QED) is 0.923. The number of thioether (sulfide) groups is 1. The minimum atomic E-state index is -3.83. The van der Waals surface area contributed by atoms with E-state index >= 15 is 0 Å². The molecule has 1 aromatic carbocycles. The second-order valence-electron chi connectivity index (χ2n) is 5.37. The number of benzene rings is 1. The zero-order valence-corrected chi connectivity index (χ0v) is 13.1. The third-order valence-electron chi connectivity index (χ3n) is 3.19. The summed E-state index contributed by atoms with van der Waals surface area (Å²) < 4.78 is 40.1. The van der Waals surface area contributed by atoms with Crippen molar-refractivity contribution in [1.29, 1.82) is 0 Å². The van der Waals surface area contributed by atoms with Crippen LogP contribution in [0.5, 0.6) is 0 Å². The standard InChI is InChI=1S/C13H18FNO3S2/c1-13(2)9-15(5-6-19-13)20(17,18)12-4-3-10(8-16)7-11(12)14/h3-4,7,16H,5-6,8-9H2,1-2H3. The van der Waals surface area contributed by atoms with Gasteiger partial charge in [-0.1, -0.05) is 6.07 Å². The Balaban J connectivity index is 2.35. The molecule has 0 unspecified atom stereocenters. The van der Waals surface area contributed by atoms with Crippen LogP contribution in [-0.4, -0.2) is 41.4 Å². The summed E-state index contributed by atoms with van der Waals surface area (Å²) in [6, 6.07) is 3.72. The topological polar surface area (TPSA) is 57.6 Å². The predicted octanol–water partition coefficient (Wildman–Crippen LogP) is 1.83. The molecular weight excluding hydrogens is 301 g/mol. The van der Waals surface area contributed by atoms with Crippen molar-refractivity contribution in [3.63, 3.8) is 0 Å². The molecule has 0 saturated carbocycles. The molecule has 0 aliphatic carbocycles. The first-order valence-corrected chi connectivity index (χ1v) is 8.72. The molecule has 7 heteroatoms. The maximum Gasteiger partial charge on any atom is 0.246 e. The van der Waals surface area contributed by atoms with Crippen LogP contribution in [0.15, 0.2) is 23.1 Å². The maximum absolute atomic E-state index is 14.0. The van der Waals surface area contributed by atoms with E-state index < -0.39 is 15.8 Å². The molecule has 0 aromatic heterocycles. The Morgan fingerprint density at radius 3 is 2.70 bits per heavy atom. The average Bonchev–Trinajstić information content (AvgIpc) is 2.37. The van der Waals surface area contributed by atoms with Crippen LogP contribution in [0.3, 0.4) is 0 Å². The van der Waals surface area contributed by atoms with Crippen LogP contribution in [0.1, 0.15) is 19.4 Å². The fraction of sp³-hybridized carbons (Fsp3) is 0.538. The highest BCUT2D eigenvalue weighted by atomic mass is 32.2. The van der Waals surface area contributed by atoms with Crippen LogP contribution in [0.2, 0.25) is 0 Å². The van der Waals surface area contributed by atoms with Gasteiger partial charge in [-0.05, 0) is 31.5 Å². The number of nitrogens with zero attached hydrogens (tertiary/aromatic N) is 1. The van der Waals surface area contributed by atoms with E-state index in [1.807, 2.05) is 13.8 Å². The summed E-state index contributed by atoms with van der Waals surface area (Å²) in [5.74, 6) is -0.115. The number of aliphatic hydroxyl groups excluding tert-OH is 1.